The number of esters is 3. The van der Waals surface area contributed by atoms with Crippen molar-refractivity contribution in [2.24, 2.45) is 11.8 Å². The molecular formula is C16H19NO7. The predicted octanol–water partition coefficient (Wildman–Crippen LogP) is 0.552. The summed E-state index contributed by atoms with van der Waals surface area (Å²) in [4.78, 5) is 36.6. The Bertz CT molecular complexity index is 618. The molecule has 1 saturated heterocycles. The van der Waals surface area contributed by atoms with Gasteiger partial charge >= 0.3 is 17.9 Å². The molecule has 1 fully saturated rings. The molecule has 24 heavy (non-hydrogen) atoms. The highest BCUT2D eigenvalue weighted by Crippen LogP contribution is 2.45. The molecule has 0 aromatic heterocycles. The second-order valence-corrected chi connectivity index (χ2v) is 5.30. The van der Waals surface area contributed by atoms with E-state index in [1.807, 2.05) is 0 Å². The lowest BCUT2D eigenvalue weighted by molar-refractivity contribution is -0.181. The Balaban J connectivity index is 2.58. The topological polar surface area (TPSA) is 102 Å². The van der Waals surface area contributed by atoms with Crippen LogP contribution in [-0.4, -0.2) is 55.5 Å². The summed E-state index contributed by atoms with van der Waals surface area (Å²) in [5.74, 6) is -4.77. The third-order valence-electron chi connectivity index (χ3n) is 4.17. The van der Waals surface area contributed by atoms with Crippen LogP contribution in [0.2, 0.25) is 0 Å². The fourth-order valence-corrected chi connectivity index (χ4v) is 3.10. The van der Waals surface area contributed by atoms with Gasteiger partial charge in [-0.05, 0) is 5.56 Å². The van der Waals surface area contributed by atoms with Crippen molar-refractivity contribution in [3.63, 3.8) is 0 Å². The van der Waals surface area contributed by atoms with E-state index in [0.717, 1.165) is 14.2 Å². The van der Waals surface area contributed by atoms with Crippen molar-refractivity contribution >= 4 is 17.9 Å². The molecule has 1 aromatic carbocycles. The van der Waals surface area contributed by atoms with Crippen LogP contribution in [-0.2, 0) is 28.6 Å². The third kappa shape index (κ3) is 2.98. The summed E-state index contributed by atoms with van der Waals surface area (Å²) in [6, 6.07) is 6.23. The summed E-state index contributed by atoms with van der Waals surface area (Å²) in [5, 5.41) is 11.2. The lowest BCUT2D eigenvalue weighted by atomic mass is 9.84. The molecule has 0 amide bonds. The molecule has 8 heteroatoms. The highest BCUT2D eigenvalue weighted by molar-refractivity contribution is 5.90. The summed E-state index contributed by atoms with van der Waals surface area (Å²) < 4.78 is 14.2. The van der Waals surface area contributed by atoms with E-state index < -0.39 is 41.8 Å². The molecule has 1 N–H and O–H groups in total. The Morgan fingerprint density at radius 1 is 0.875 bits per heavy atom. The number of nitrogens with zero attached hydrogens (tertiary/aromatic N) is 1. The number of methoxy groups -OCH3 is 3. The minimum Gasteiger partial charge on any atom is -0.469 e. The summed E-state index contributed by atoms with van der Waals surface area (Å²) in [6.45, 7) is 0. The monoisotopic (exact) mass is 337 g/mol. The van der Waals surface area contributed by atoms with E-state index >= 15 is 0 Å². The van der Waals surface area contributed by atoms with Crippen LogP contribution < -0.4 is 0 Å². The highest BCUT2D eigenvalue weighted by Gasteiger charge is 2.60. The zero-order valence-corrected chi connectivity index (χ0v) is 13.5. The Morgan fingerprint density at radius 3 is 1.88 bits per heavy atom. The van der Waals surface area contributed by atoms with Crippen LogP contribution in [0.4, 0.5) is 0 Å². The van der Waals surface area contributed by atoms with Gasteiger partial charge in [0.05, 0.1) is 33.3 Å². The smallest absolute Gasteiger partial charge is 0.326 e. The van der Waals surface area contributed by atoms with E-state index in [1.54, 1.807) is 30.3 Å². The van der Waals surface area contributed by atoms with Crippen LogP contribution in [0.3, 0.4) is 0 Å². The minimum atomic E-state index is -1.38. The van der Waals surface area contributed by atoms with E-state index in [2.05, 4.69) is 4.74 Å². The molecule has 0 bridgehead atoms. The van der Waals surface area contributed by atoms with Gasteiger partial charge in [0.2, 0.25) is 0 Å². The van der Waals surface area contributed by atoms with Crippen LogP contribution in [0.15, 0.2) is 30.3 Å². The molecule has 1 aromatic rings. The van der Waals surface area contributed by atoms with Gasteiger partial charge in [-0.15, -0.1) is 0 Å². The van der Waals surface area contributed by atoms with Gasteiger partial charge in [0.15, 0.2) is 0 Å². The first-order valence-corrected chi connectivity index (χ1v) is 7.23. The van der Waals surface area contributed by atoms with Crippen LogP contribution >= 0.6 is 0 Å². The molecule has 4 atom stereocenters. The molecular weight excluding hydrogens is 318 g/mol. The third-order valence-corrected chi connectivity index (χ3v) is 4.17. The van der Waals surface area contributed by atoms with Crippen molar-refractivity contribution in [1.82, 2.24) is 5.06 Å². The summed E-state index contributed by atoms with van der Waals surface area (Å²) in [7, 11) is 3.45. The zero-order chi connectivity index (χ0) is 17.9. The van der Waals surface area contributed by atoms with Crippen molar-refractivity contribution in [2.45, 2.75) is 12.1 Å². The van der Waals surface area contributed by atoms with E-state index in [4.69, 9.17) is 9.47 Å². The largest absolute Gasteiger partial charge is 0.469 e. The molecule has 2 rings (SSSR count). The van der Waals surface area contributed by atoms with Gasteiger partial charge in [-0.25, -0.2) is 0 Å². The molecule has 1 heterocycles. The van der Waals surface area contributed by atoms with Crippen molar-refractivity contribution in [3.8, 4) is 0 Å². The highest BCUT2D eigenvalue weighted by atomic mass is 16.6. The number of hydrogen-bond donors (Lipinski definition) is 1. The molecule has 1 aliphatic heterocycles. The number of ether oxygens (including phenoxy) is 3. The van der Waals surface area contributed by atoms with E-state index in [1.165, 1.54) is 7.11 Å². The molecule has 0 unspecified atom stereocenters. The van der Waals surface area contributed by atoms with Gasteiger partial charge in [-0.2, -0.15) is 5.06 Å². The molecule has 8 nitrogen and oxygen atoms in total. The maximum Gasteiger partial charge on any atom is 0.326 e. The number of carbonyl (C=O) groups is 3. The second-order valence-electron chi connectivity index (χ2n) is 5.30. The SMILES string of the molecule is COC(=O)[C@@H]1[C@@H](C(=O)OC)[C@H](c2ccccc2)N(O)[C@H]1C(=O)OC. The first-order chi connectivity index (χ1) is 11.5. The van der Waals surface area contributed by atoms with E-state index in [-0.39, 0.29) is 0 Å². The summed E-state index contributed by atoms with van der Waals surface area (Å²) >= 11 is 0. The molecule has 0 spiro atoms. The Hall–Kier alpha value is -2.45. The maximum atomic E-state index is 12.3. The van der Waals surface area contributed by atoms with E-state index in [9.17, 15) is 19.6 Å². The molecule has 0 aliphatic carbocycles. The fraction of sp³-hybridized carbons (Fsp3) is 0.438. The number of hydroxylamine groups is 2. The van der Waals surface area contributed by atoms with Gasteiger partial charge in [0, 0.05) is 0 Å². The number of rotatable bonds is 4. The van der Waals surface area contributed by atoms with Gasteiger partial charge in [0.1, 0.15) is 12.0 Å². The fourth-order valence-electron chi connectivity index (χ4n) is 3.10. The van der Waals surface area contributed by atoms with Gasteiger partial charge in [-0.1, -0.05) is 30.3 Å². The van der Waals surface area contributed by atoms with Crippen LogP contribution in [0.5, 0.6) is 0 Å². The normalized spacial score (nSPS) is 26.7. The molecule has 0 saturated carbocycles. The minimum absolute atomic E-state index is 0.552. The van der Waals surface area contributed by atoms with Crippen LogP contribution in [0.25, 0.3) is 0 Å². The van der Waals surface area contributed by atoms with Crippen molar-refractivity contribution in [3.05, 3.63) is 35.9 Å². The Labute approximate surface area is 138 Å². The summed E-state index contributed by atoms with van der Waals surface area (Å²) in [5.41, 5.74) is 0.552. The standard InChI is InChI=1S/C16H19NO7/c1-22-14(18)10-11(15(19)23-2)13(16(20)24-3)17(21)12(10)9-7-5-4-6-8-9/h4-8,10-13,21H,1-3H3/t10-,11-,12+,13-/m1/s1. The van der Waals surface area contributed by atoms with Gasteiger partial charge in [-0.3, -0.25) is 14.4 Å². The Kier molecular flexibility index (Phi) is 5.53. The first kappa shape index (κ1) is 17.9. The Morgan fingerprint density at radius 2 is 1.38 bits per heavy atom. The first-order valence-electron chi connectivity index (χ1n) is 7.23. The van der Waals surface area contributed by atoms with Gasteiger partial charge < -0.3 is 19.4 Å². The average Bonchev–Trinajstić information content (AvgIpc) is 2.93. The number of carbonyl (C=O) groups excluding carboxylic acids is 3. The van der Waals surface area contributed by atoms with Crippen LogP contribution in [0.1, 0.15) is 11.6 Å². The number of benzene rings is 1. The summed E-state index contributed by atoms with van der Waals surface area (Å²) in [6.07, 6.45) is 0. The predicted molar refractivity (Wildman–Crippen MR) is 79.6 cm³/mol. The van der Waals surface area contributed by atoms with Crippen molar-refractivity contribution in [2.75, 3.05) is 21.3 Å². The quantitative estimate of drug-likeness (QED) is 0.628. The van der Waals surface area contributed by atoms with Gasteiger partial charge in [0.25, 0.3) is 0 Å². The second kappa shape index (κ2) is 7.41. The average molecular weight is 337 g/mol. The molecule has 0 radical (unpaired) electrons. The van der Waals surface area contributed by atoms with E-state index in [0.29, 0.717) is 10.6 Å². The van der Waals surface area contributed by atoms with Crippen molar-refractivity contribution in [1.29, 1.82) is 0 Å². The maximum absolute atomic E-state index is 12.3. The molecule has 1 aliphatic rings. The number of hydrogen-bond acceptors (Lipinski definition) is 8. The lowest BCUT2D eigenvalue weighted by Gasteiger charge is -2.23. The zero-order valence-electron chi connectivity index (χ0n) is 13.5. The lowest BCUT2D eigenvalue weighted by Crippen LogP contribution is -2.43. The van der Waals surface area contributed by atoms with Crippen molar-refractivity contribution < 1.29 is 33.8 Å². The van der Waals surface area contributed by atoms with Crippen LogP contribution in [0, 0.1) is 11.8 Å². The molecule has 130 valence electrons.